The van der Waals surface area contributed by atoms with E-state index in [0.29, 0.717) is 40.1 Å². The first kappa shape index (κ1) is 24.9. The molecule has 2 amide bonds. The van der Waals surface area contributed by atoms with Crippen molar-refractivity contribution in [1.82, 2.24) is 0 Å². The van der Waals surface area contributed by atoms with Crippen LogP contribution >= 0.6 is 11.3 Å². The fourth-order valence-corrected chi connectivity index (χ4v) is 5.79. The Hall–Kier alpha value is -3.19. The lowest BCUT2D eigenvalue weighted by atomic mass is 9.72. The number of fused-ring (bicyclic) bond motifs is 1. The number of hydrogen-bond donors (Lipinski definition) is 2. The quantitative estimate of drug-likeness (QED) is 0.390. The Kier molecular flexibility index (Phi) is 7.26. The second-order valence-corrected chi connectivity index (χ2v) is 11.0. The summed E-state index contributed by atoms with van der Waals surface area (Å²) in [5.41, 5.74) is 2.56. The zero-order valence-corrected chi connectivity index (χ0v) is 21.4. The van der Waals surface area contributed by atoms with Crippen LogP contribution in [-0.4, -0.2) is 18.4 Å². The molecule has 184 valence electrons. The normalized spacial score (nSPS) is 15.3. The lowest BCUT2D eigenvalue weighted by molar-refractivity contribution is 0.102. The van der Waals surface area contributed by atoms with Crippen molar-refractivity contribution in [2.75, 3.05) is 17.2 Å². The van der Waals surface area contributed by atoms with Crippen LogP contribution in [-0.2, 0) is 12.8 Å². The average molecular weight is 495 g/mol. The molecule has 0 bridgehead atoms. The summed E-state index contributed by atoms with van der Waals surface area (Å²) in [6, 6.07) is 12.7. The van der Waals surface area contributed by atoms with Gasteiger partial charge in [0.2, 0.25) is 0 Å². The van der Waals surface area contributed by atoms with E-state index in [1.165, 1.54) is 35.6 Å². The molecule has 1 atom stereocenters. The number of nitrogens with one attached hydrogen (secondary N) is 2. The van der Waals surface area contributed by atoms with E-state index in [2.05, 4.69) is 31.4 Å². The molecule has 0 fully saturated rings. The van der Waals surface area contributed by atoms with Crippen molar-refractivity contribution in [3.8, 4) is 5.75 Å². The first-order valence-corrected chi connectivity index (χ1v) is 12.7. The lowest BCUT2D eigenvalue weighted by Gasteiger charge is -2.33. The Bertz CT molecular complexity index is 1230. The summed E-state index contributed by atoms with van der Waals surface area (Å²) < 4.78 is 19.0. The van der Waals surface area contributed by atoms with Crippen LogP contribution in [0, 0.1) is 17.2 Å². The van der Waals surface area contributed by atoms with Gasteiger partial charge in [0, 0.05) is 10.4 Å². The highest BCUT2D eigenvalue weighted by Crippen LogP contribution is 2.44. The molecule has 5 nitrogen and oxygen atoms in total. The van der Waals surface area contributed by atoms with Crippen LogP contribution in [0.2, 0.25) is 0 Å². The number of carbonyl (C=O) groups excluding carboxylic acids is 2. The molecule has 1 heterocycles. The molecule has 2 N–H and O–H groups in total. The van der Waals surface area contributed by atoms with Gasteiger partial charge in [-0.1, -0.05) is 32.9 Å². The van der Waals surface area contributed by atoms with Gasteiger partial charge in [-0.15, -0.1) is 11.3 Å². The lowest BCUT2D eigenvalue weighted by Crippen LogP contribution is -2.27. The smallest absolute Gasteiger partial charge is 0.259 e. The third-order valence-corrected chi connectivity index (χ3v) is 7.66. The average Bonchev–Trinajstić information content (AvgIpc) is 3.17. The van der Waals surface area contributed by atoms with Gasteiger partial charge in [0.05, 0.1) is 17.9 Å². The molecule has 35 heavy (non-hydrogen) atoms. The minimum atomic E-state index is -0.408. The standard InChI is InChI=1S/C28H31FN2O3S/c1-5-34-22-9-7-6-8-21(22)30-26(33)24-20-15-12-18(28(2,3)4)16-23(20)35-27(24)31-25(32)17-10-13-19(29)14-11-17/h6-11,13-14,18H,5,12,15-16H2,1-4H3,(H,30,33)(H,31,32). The van der Waals surface area contributed by atoms with Gasteiger partial charge in [-0.3, -0.25) is 9.59 Å². The van der Waals surface area contributed by atoms with Crippen molar-refractivity contribution in [2.45, 2.75) is 47.0 Å². The van der Waals surface area contributed by atoms with Crippen LogP contribution in [0.4, 0.5) is 15.1 Å². The number of benzene rings is 2. The first-order chi connectivity index (χ1) is 16.7. The fourth-order valence-electron chi connectivity index (χ4n) is 4.47. The summed E-state index contributed by atoms with van der Waals surface area (Å²) in [6.07, 6.45) is 2.62. The molecule has 1 aliphatic rings. The second-order valence-electron chi connectivity index (χ2n) is 9.86. The topological polar surface area (TPSA) is 67.4 Å². The Labute approximate surface area is 209 Å². The van der Waals surface area contributed by atoms with Gasteiger partial charge < -0.3 is 15.4 Å². The number of halogens is 1. The molecular formula is C28H31FN2O3S. The zero-order valence-electron chi connectivity index (χ0n) is 20.5. The highest BCUT2D eigenvalue weighted by atomic mass is 32.1. The van der Waals surface area contributed by atoms with Crippen molar-refractivity contribution < 1.29 is 18.7 Å². The molecule has 1 unspecified atom stereocenters. The van der Waals surface area contributed by atoms with Crippen LogP contribution in [0.3, 0.4) is 0 Å². The maximum absolute atomic E-state index is 13.6. The third-order valence-electron chi connectivity index (χ3n) is 6.49. The van der Waals surface area contributed by atoms with E-state index in [1.807, 2.05) is 25.1 Å². The molecule has 0 spiro atoms. The van der Waals surface area contributed by atoms with Gasteiger partial charge in [-0.2, -0.15) is 0 Å². The Morgan fingerprint density at radius 3 is 2.46 bits per heavy atom. The largest absolute Gasteiger partial charge is 0.492 e. The third kappa shape index (κ3) is 5.56. The van der Waals surface area contributed by atoms with E-state index in [1.54, 1.807) is 6.07 Å². The van der Waals surface area contributed by atoms with Gasteiger partial charge in [-0.25, -0.2) is 4.39 Å². The molecule has 1 aliphatic carbocycles. The number of anilines is 2. The number of rotatable bonds is 6. The Morgan fingerprint density at radius 1 is 1.06 bits per heavy atom. The minimum Gasteiger partial charge on any atom is -0.492 e. The number of hydrogen-bond acceptors (Lipinski definition) is 4. The summed E-state index contributed by atoms with van der Waals surface area (Å²) in [6.45, 7) is 9.10. The number of ether oxygens (including phenoxy) is 1. The maximum Gasteiger partial charge on any atom is 0.259 e. The van der Waals surface area contributed by atoms with E-state index in [0.717, 1.165) is 29.7 Å². The van der Waals surface area contributed by atoms with E-state index in [4.69, 9.17) is 4.74 Å². The minimum absolute atomic E-state index is 0.151. The summed E-state index contributed by atoms with van der Waals surface area (Å²) >= 11 is 1.46. The van der Waals surface area contributed by atoms with Crippen molar-refractivity contribution >= 4 is 33.8 Å². The zero-order chi connectivity index (χ0) is 25.2. The number of carbonyl (C=O) groups is 2. The van der Waals surface area contributed by atoms with Gasteiger partial charge in [0.15, 0.2) is 0 Å². The SMILES string of the molecule is CCOc1ccccc1NC(=O)c1c(NC(=O)c2ccc(F)cc2)sc2c1CCC(C(C)(C)C)C2. The molecule has 0 radical (unpaired) electrons. The Balaban J connectivity index is 1.69. The molecule has 1 aromatic heterocycles. The second kappa shape index (κ2) is 10.2. The summed E-state index contributed by atoms with van der Waals surface area (Å²) in [4.78, 5) is 27.7. The molecule has 3 aromatic rings. The van der Waals surface area contributed by atoms with Gasteiger partial charge >= 0.3 is 0 Å². The number of thiophene rings is 1. The maximum atomic E-state index is 13.6. The van der Waals surface area contributed by atoms with E-state index in [9.17, 15) is 14.0 Å². The predicted octanol–water partition coefficient (Wildman–Crippen LogP) is 6.94. The van der Waals surface area contributed by atoms with Gasteiger partial charge in [0.25, 0.3) is 11.8 Å². The highest BCUT2D eigenvalue weighted by molar-refractivity contribution is 7.17. The van der Waals surface area contributed by atoms with Crippen LogP contribution in [0.1, 0.15) is 65.3 Å². The van der Waals surface area contributed by atoms with Crippen molar-refractivity contribution in [3.05, 3.63) is 75.9 Å². The van der Waals surface area contributed by atoms with E-state index < -0.39 is 5.82 Å². The first-order valence-electron chi connectivity index (χ1n) is 11.9. The highest BCUT2D eigenvalue weighted by Gasteiger charge is 2.34. The van der Waals surface area contributed by atoms with Crippen LogP contribution in [0.25, 0.3) is 0 Å². The molecule has 0 aliphatic heterocycles. The Morgan fingerprint density at radius 2 is 1.77 bits per heavy atom. The predicted molar refractivity (Wildman–Crippen MR) is 139 cm³/mol. The number of para-hydroxylation sites is 2. The summed E-state index contributed by atoms with van der Waals surface area (Å²) in [5, 5.41) is 6.44. The fraction of sp³-hybridized carbons (Fsp3) is 0.357. The van der Waals surface area contributed by atoms with Crippen LogP contribution < -0.4 is 15.4 Å². The molecule has 7 heteroatoms. The van der Waals surface area contributed by atoms with Crippen molar-refractivity contribution in [3.63, 3.8) is 0 Å². The molecule has 0 saturated carbocycles. The van der Waals surface area contributed by atoms with E-state index in [-0.39, 0.29) is 17.2 Å². The molecule has 0 saturated heterocycles. The van der Waals surface area contributed by atoms with Crippen LogP contribution in [0.15, 0.2) is 48.5 Å². The van der Waals surface area contributed by atoms with Crippen molar-refractivity contribution in [1.29, 1.82) is 0 Å². The monoisotopic (exact) mass is 494 g/mol. The summed E-state index contributed by atoms with van der Waals surface area (Å²) in [7, 11) is 0. The molecule has 4 rings (SSSR count). The van der Waals surface area contributed by atoms with Crippen molar-refractivity contribution in [2.24, 2.45) is 11.3 Å². The van der Waals surface area contributed by atoms with Gasteiger partial charge in [-0.05, 0) is 79.5 Å². The van der Waals surface area contributed by atoms with E-state index >= 15 is 0 Å². The molecular weight excluding hydrogens is 463 g/mol. The molecule has 2 aromatic carbocycles. The van der Waals surface area contributed by atoms with Gasteiger partial charge in [0.1, 0.15) is 16.6 Å². The number of amides is 2. The van der Waals surface area contributed by atoms with Crippen LogP contribution in [0.5, 0.6) is 5.75 Å². The summed E-state index contributed by atoms with van der Waals surface area (Å²) in [5.74, 6) is 0.0217.